The quantitative estimate of drug-likeness (QED) is 0.280. The summed E-state index contributed by atoms with van der Waals surface area (Å²) in [6.45, 7) is -0.192. The van der Waals surface area contributed by atoms with Crippen LogP contribution in [0, 0.1) is 23.7 Å². The summed E-state index contributed by atoms with van der Waals surface area (Å²) in [6, 6.07) is 0. The number of ether oxygens (including phenoxy) is 5. The summed E-state index contributed by atoms with van der Waals surface area (Å²) in [7, 11) is 0. The highest BCUT2D eigenvalue weighted by Crippen LogP contribution is 2.62. The minimum absolute atomic E-state index is 0.0582. The van der Waals surface area contributed by atoms with Crippen molar-refractivity contribution in [3.05, 3.63) is 0 Å². The number of hydrogen-bond acceptors (Lipinski definition) is 9. The van der Waals surface area contributed by atoms with Crippen molar-refractivity contribution in [2.24, 2.45) is 23.7 Å². The van der Waals surface area contributed by atoms with E-state index in [1.807, 2.05) is 0 Å². The Hall–Kier alpha value is -1.85. The van der Waals surface area contributed by atoms with Gasteiger partial charge >= 0.3 is 23.8 Å². The van der Waals surface area contributed by atoms with E-state index in [9.17, 15) is 28.3 Å². The molecular formula is C25H32F2O9. The Morgan fingerprint density at radius 1 is 1.08 bits per heavy atom. The molecule has 0 aromatic heterocycles. The number of carbonyl (C=O) groups is 3. The molecule has 6 aliphatic carbocycles. The number of hydrogen-bond donors (Lipinski definition) is 1. The molecule has 0 spiro atoms. The molecular weight excluding hydrogens is 482 g/mol. The second-order valence-corrected chi connectivity index (χ2v) is 12.1. The number of esters is 3. The number of rotatable bonds is 9. The topological polar surface area (TPSA) is 118 Å². The van der Waals surface area contributed by atoms with Crippen LogP contribution in [0.2, 0.25) is 0 Å². The van der Waals surface area contributed by atoms with E-state index in [4.69, 9.17) is 18.9 Å². The van der Waals surface area contributed by atoms with Gasteiger partial charge in [-0.15, -0.1) is 0 Å². The molecule has 1 heterocycles. The molecule has 1 N–H and O–H groups in total. The fourth-order valence-corrected chi connectivity index (χ4v) is 8.52. The Bertz CT molecular complexity index is 968. The lowest BCUT2D eigenvalue weighted by molar-refractivity contribution is -0.281. The maximum absolute atomic E-state index is 13.0. The first kappa shape index (κ1) is 24.5. The van der Waals surface area contributed by atoms with Crippen molar-refractivity contribution in [3.8, 4) is 0 Å². The second kappa shape index (κ2) is 8.07. The van der Waals surface area contributed by atoms with Gasteiger partial charge in [0.1, 0.15) is 25.4 Å². The van der Waals surface area contributed by atoms with E-state index >= 15 is 0 Å². The first-order chi connectivity index (χ1) is 16.9. The summed E-state index contributed by atoms with van der Waals surface area (Å²) in [4.78, 5) is 36.0. The van der Waals surface area contributed by atoms with Gasteiger partial charge in [0, 0.05) is 38.0 Å². The molecule has 6 bridgehead atoms. The zero-order valence-corrected chi connectivity index (χ0v) is 20.2. The highest BCUT2D eigenvalue weighted by molar-refractivity contribution is 5.77. The monoisotopic (exact) mass is 514 g/mol. The maximum Gasteiger partial charge on any atom is 0.376 e. The van der Waals surface area contributed by atoms with E-state index in [0.717, 1.165) is 6.42 Å². The average Bonchev–Trinajstić information content (AvgIpc) is 3.38. The number of halogens is 2. The molecule has 11 heteroatoms. The van der Waals surface area contributed by atoms with Crippen molar-refractivity contribution in [2.45, 2.75) is 93.2 Å². The molecule has 0 aromatic carbocycles. The molecule has 9 atom stereocenters. The molecule has 9 unspecified atom stereocenters. The SMILES string of the molecule is CC(F)(F)C(=O)OCCOC12CC3CC(O)(C1)CC(OCC(=O)OC1C4CC5C(=O)OC1C5C4)(C3)C2. The second-order valence-electron chi connectivity index (χ2n) is 12.1. The molecule has 6 saturated carbocycles. The normalized spacial score (nSPS) is 45.7. The van der Waals surface area contributed by atoms with Crippen molar-refractivity contribution in [1.29, 1.82) is 0 Å². The lowest BCUT2D eigenvalue weighted by Gasteiger charge is -2.64. The van der Waals surface area contributed by atoms with Crippen LogP contribution in [0.5, 0.6) is 0 Å². The predicted octanol–water partition coefficient (Wildman–Crippen LogP) is 1.92. The van der Waals surface area contributed by atoms with Crippen LogP contribution in [0.3, 0.4) is 0 Å². The summed E-state index contributed by atoms with van der Waals surface area (Å²) in [5, 5.41) is 11.2. The first-order valence-corrected chi connectivity index (χ1v) is 12.8. The molecule has 9 nitrogen and oxygen atoms in total. The molecule has 0 amide bonds. The Labute approximate surface area is 207 Å². The predicted molar refractivity (Wildman–Crippen MR) is 115 cm³/mol. The molecule has 36 heavy (non-hydrogen) atoms. The highest BCUT2D eigenvalue weighted by atomic mass is 19.3. The molecule has 1 saturated heterocycles. The lowest BCUT2D eigenvalue weighted by Crippen LogP contribution is -2.67. The van der Waals surface area contributed by atoms with Gasteiger partial charge < -0.3 is 28.8 Å². The van der Waals surface area contributed by atoms with E-state index < -0.39 is 40.8 Å². The van der Waals surface area contributed by atoms with E-state index in [1.165, 1.54) is 0 Å². The zero-order chi connectivity index (χ0) is 25.5. The standard InChI is InChI=1S/C25H32F2O9/c1-22(26,27)21(30)32-2-3-33-24-7-13-6-23(31,10-24)11-25(8-13,12-24)34-9-17(28)35-18-14-4-15-16(5-14)20(29)36-19(15)18/h13-16,18-19,31H,2-12H2,1H3. The number of fused-ring (bicyclic) bond motifs is 1. The zero-order valence-electron chi connectivity index (χ0n) is 20.2. The van der Waals surface area contributed by atoms with Gasteiger partial charge in [-0.3, -0.25) is 4.79 Å². The van der Waals surface area contributed by atoms with Crippen LogP contribution in [0.4, 0.5) is 8.78 Å². The van der Waals surface area contributed by atoms with Gasteiger partial charge in [0.25, 0.3) is 0 Å². The van der Waals surface area contributed by atoms with Gasteiger partial charge in [0.15, 0.2) is 0 Å². The summed E-state index contributed by atoms with van der Waals surface area (Å²) < 4.78 is 54.0. The Kier molecular flexibility index (Phi) is 5.49. The average molecular weight is 515 g/mol. The van der Waals surface area contributed by atoms with Crippen LogP contribution < -0.4 is 0 Å². The maximum atomic E-state index is 13.0. The molecule has 7 aliphatic rings. The Morgan fingerprint density at radius 2 is 1.81 bits per heavy atom. The lowest BCUT2D eigenvalue weighted by atomic mass is 9.50. The fourth-order valence-electron chi connectivity index (χ4n) is 8.52. The van der Waals surface area contributed by atoms with Crippen LogP contribution in [-0.4, -0.2) is 77.8 Å². The third-order valence-electron chi connectivity index (χ3n) is 9.20. The largest absolute Gasteiger partial charge is 0.459 e. The summed E-state index contributed by atoms with van der Waals surface area (Å²) in [6.07, 6.45) is 3.93. The van der Waals surface area contributed by atoms with E-state index in [2.05, 4.69) is 4.74 Å². The van der Waals surface area contributed by atoms with Gasteiger partial charge in [0.2, 0.25) is 0 Å². The molecule has 7 rings (SSSR count). The summed E-state index contributed by atoms with van der Waals surface area (Å²) in [5.41, 5.74) is -2.51. The molecule has 1 aliphatic heterocycles. The number of carbonyl (C=O) groups excluding carboxylic acids is 3. The van der Waals surface area contributed by atoms with Crippen molar-refractivity contribution in [3.63, 3.8) is 0 Å². The Morgan fingerprint density at radius 3 is 2.50 bits per heavy atom. The van der Waals surface area contributed by atoms with E-state index in [-0.39, 0.29) is 55.6 Å². The van der Waals surface area contributed by atoms with Crippen LogP contribution >= 0.6 is 0 Å². The third-order valence-corrected chi connectivity index (χ3v) is 9.20. The minimum Gasteiger partial charge on any atom is -0.459 e. The van der Waals surface area contributed by atoms with Gasteiger partial charge in [-0.1, -0.05) is 0 Å². The molecule has 7 fully saturated rings. The minimum atomic E-state index is -3.57. The summed E-state index contributed by atoms with van der Waals surface area (Å²) in [5.74, 6) is -5.53. The molecule has 0 aromatic rings. The van der Waals surface area contributed by atoms with Crippen LogP contribution in [0.15, 0.2) is 0 Å². The van der Waals surface area contributed by atoms with E-state index in [1.54, 1.807) is 0 Å². The third kappa shape index (κ3) is 4.11. The Balaban J connectivity index is 1.05. The molecule has 200 valence electrons. The summed E-state index contributed by atoms with van der Waals surface area (Å²) >= 11 is 0. The van der Waals surface area contributed by atoms with Gasteiger partial charge in [-0.25, -0.2) is 9.59 Å². The van der Waals surface area contributed by atoms with Gasteiger partial charge in [-0.2, -0.15) is 8.78 Å². The van der Waals surface area contributed by atoms with Crippen LogP contribution in [0.1, 0.15) is 58.3 Å². The van der Waals surface area contributed by atoms with Crippen molar-refractivity contribution < 1.29 is 52.0 Å². The van der Waals surface area contributed by atoms with Crippen LogP contribution in [0.25, 0.3) is 0 Å². The van der Waals surface area contributed by atoms with Gasteiger partial charge in [0.05, 0.1) is 29.3 Å². The van der Waals surface area contributed by atoms with Crippen LogP contribution in [-0.2, 0) is 38.1 Å². The van der Waals surface area contributed by atoms with Crippen molar-refractivity contribution in [1.82, 2.24) is 0 Å². The fraction of sp³-hybridized carbons (Fsp3) is 0.880. The smallest absolute Gasteiger partial charge is 0.376 e. The van der Waals surface area contributed by atoms with Crippen molar-refractivity contribution in [2.75, 3.05) is 19.8 Å². The van der Waals surface area contributed by atoms with Crippen molar-refractivity contribution >= 4 is 17.9 Å². The van der Waals surface area contributed by atoms with Gasteiger partial charge in [-0.05, 0) is 38.0 Å². The van der Waals surface area contributed by atoms with E-state index in [0.29, 0.717) is 51.9 Å². The number of aliphatic hydroxyl groups is 1. The number of alkyl halides is 2. The highest BCUT2D eigenvalue weighted by Gasteiger charge is 2.65. The molecule has 0 radical (unpaired) electrons. The first-order valence-electron chi connectivity index (χ1n) is 12.8.